The summed E-state index contributed by atoms with van der Waals surface area (Å²) in [7, 11) is 0. The third-order valence-electron chi connectivity index (χ3n) is 5.76. The largest absolute Gasteiger partial charge is 0.366 e. The fraction of sp³-hybridized carbons (Fsp3) is 0.259. The maximum Gasteiger partial charge on any atom is 0.256 e. The van der Waals surface area contributed by atoms with Gasteiger partial charge in [-0.05, 0) is 69.7 Å². The van der Waals surface area contributed by atoms with Crippen LogP contribution in [0.1, 0.15) is 45.7 Å². The zero-order valence-electron chi connectivity index (χ0n) is 18.9. The van der Waals surface area contributed by atoms with Crippen molar-refractivity contribution in [2.75, 3.05) is 23.3 Å². The summed E-state index contributed by atoms with van der Waals surface area (Å²) >= 11 is 3.43. The summed E-state index contributed by atoms with van der Waals surface area (Å²) in [6.45, 7) is 6.32. The second kappa shape index (κ2) is 10.2. The van der Waals surface area contributed by atoms with E-state index in [1.807, 2.05) is 30.3 Å². The van der Waals surface area contributed by atoms with Gasteiger partial charge in [0.15, 0.2) is 0 Å². The van der Waals surface area contributed by atoms with Gasteiger partial charge in [0.25, 0.3) is 11.8 Å². The lowest BCUT2D eigenvalue weighted by atomic mass is 9.98. The third-order valence-corrected chi connectivity index (χ3v) is 6.45. The Morgan fingerprint density at radius 1 is 0.939 bits per heavy atom. The number of amides is 2. The van der Waals surface area contributed by atoms with Crippen molar-refractivity contribution in [2.24, 2.45) is 5.92 Å². The molecule has 0 aromatic heterocycles. The number of hydrogen-bond donors (Lipinski definition) is 2. The zero-order chi connectivity index (χ0) is 23.4. The monoisotopic (exact) mass is 505 g/mol. The predicted molar refractivity (Wildman–Crippen MR) is 137 cm³/mol. The molecular weight excluding hydrogens is 478 g/mol. The van der Waals surface area contributed by atoms with Crippen molar-refractivity contribution < 1.29 is 9.59 Å². The molecule has 3 aromatic rings. The number of anilines is 2. The van der Waals surface area contributed by atoms with Crippen LogP contribution in [-0.2, 0) is 13.0 Å². The van der Waals surface area contributed by atoms with Crippen LogP contribution in [0.15, 0.2) is 71.2 Å². The Bertz CT molecular complexity index is 1180. The van der Waals surface area contributed by atoms with Crippen molar-refractivity contribution in [3.63, 3.8) is 0 Å². The van der Waals surface area contributed by atoms with Gasteiger partial charge in [0, 0.05) is 35.5 Å². The van der Waals surface area contributed by atoms with E-state index in [0.717, 1.165) is 29.7 Å². The van der Waals surface area contributed by atoms with E-state index < -0.39 is 0 Å². The quantitative estimate of drug-likeness (QED) is 0.454. The van der Waals surface area contributed by atoms with Gasteiger partial charge in [-0.15, -0.1) is 0 Å². The van der Waals surface area contributed by atoms with Gasteiger partial charge in [0.05, 0.1) is 11.1 Å². The fourth-order valence-corrected chi connectivity index (χ4v) is 4.47. The maximum absolute atomic E-state index is 13.2. The minimum Gasteiger partial charge on any atom is -0.366 e. The van der Waals surface area contributed by atoms with Gasteiger partial charge in [0.1, 0.15) is 0 Å². The molecule has 1 heterocycles. The highest BCUT2D eigenvalue weighted by Crippen LogP contribution is 2.30. The van der Waals surface area contributed by atoms with Crippen LogP contribution < -0.4 is 15.5 Å². The lowest BCUT2D eigenvalue weighted by molar-refractivity contribution is 0.0948. The summed E-state index contributed by atoms with van der Waals surface area (Å²) in [5.41, 5.74) is 5.22. The normalized spacial score (nSPS) is 12.9. The molecule has 1 aliphatic rings. The number of rotatable bonds is 6. The number of carbonyl (C=O) groups is 2. The Hall–Kier alpha value is -3.12. The topological polar surface area (TPSA) is 61.4 Å². The van der Waals surface area contributed by atoms with Gasteiger partial charge in [-0.3, -0.25) is 9.59 Å². The fourth-order valence-electron chi connectivity index (χ4n) is 4.01. The van der Waals surface area contributed by atoms with E-state index in [1.165, 1.54) is 11.1 Å². The molecule has 0 fully saturated rings. The molecule has 0 saturated heterocycles. The van der Waals surface area contributed by atoms with E-state index in [0.29, 0.717) is 29.3 Å². The van der Waals surface area contributed by atoms with Gasteiger partial charge in [-0.2, -0.15) is 0 Å². The van der Waals surface area contributed by atoms with E-state index in [2.05, 4.69) is 69.6 Å². The minimum atomic E-state index is -0.226. The number of benzene rings is 3. The first kappa shape index (κ1) is 23.1. The Balaban J connectivity index is 1.63. The standard InChI is InChI=1S/C27H28BrN3O2/c1-18(2)16-29-26(32)23-15-21(30-27(33)22-9-5-6-10-24(22)28)11-12-25(23)31-14-13-19-7-3-4-8-20(19)17-31/h3-12,15,18H,13-14,16-17H2,1-2H3,(H,29,32)(H,30,33). The number of halogens is 1. The molecule has 1 aliphatic heterocycles. The van der Waals surface area contributed by atoms with Crippen LogP contribution in [0, 0.1) is 5.92 Å². The number of carbonyl (C=O) groups excluding carboxylic acids is 2. The summed E-state index contributed by atoms with van der Waals surface area (Å²) in [5.74, 6) is -0.0113. The van der Waals surface area contributed by atoms with Crippen LogP contribution in [0.2, 0.25) is 0 Å². The predicted octanol–water partition coefficient (Wildman–Crippen LogP) is 5.65. The Morgan fingerprint density at radius 3 is 2.42 bits per heavy atom. The molecule has 0 unspecified atom stereocenters. The lowest BCUT2D eigenvalue weighted by Gasteiger charge is -2.32. The molecule has 0 radical (unpaired) electrons. The molecule has 170 valence electrons. The van der Waals surface area contributed by atoms with Crippen molar-refractivity contribution in [3.8, 4) is 0 Å². The SMILES string of the molecule is CC(C)CNC(=O)c1cc(NC(=O)c2ccccc2Br)ccc1N1CCc2ccccc2C1. The average molecular weight is 506 g/mol. The highest BCUT2D eigenvalue weighted by molar-refractivity contribution is 9.10. The summed E-state index contributed by atoms with van der Waals surface area (Å²) < 4.78 is 0.723. The average Bonchev–Trinajstić information content (AvgIpc) is 2.82. The summed E-state index contributed by atoms with van der Waals surface area (Å²) in [6.07, 6.45) is 0.934. The van der Waals surface area contributed by atoms with Crippen LogP contribution in [-0.4, -0.2) is 24.9 Å². The van der Waals surface area contributed by atoms with Crippen LogP contribution in [0.25, 0.3) is 0 Å². The van der Waals surface area contributed by atoms with E-state index in [9.17, 15) is 9.59 Å². The van der Waals surface area contributed by atoms with Crippen molar-refractivity contribution in [2.45, 2.75) is 26.8 Å². The molecule has 33 heavy (non-hydrogen) atoms. The van der Waals surface area contributed by atoms with E-state index in [1.54, 1.807) is 12.1 Å². The molecule has 3 aromatic carbocycles. The number of nitrogens with one attached hydrogen (secondary N) is 2. The van der Waals surface area contributed by atoms with Crippen LogP contribution in [0.3, 0.4) is 0 Å². The number of nitrogens with zero attached hydrogens (tertiary/aromatic N) is 1. The van der Waals surface area contributed by atoms with Crippen molar-refractivity contribution in [1.82, 2.24) is 5.32 Å². The van der Waals surface area contributed by atoms with Crippen molar-refractivity contribution in [3.05, 3.63) is 93.5 Å². The smallest absolute Gasteiger partial charge is 0.256 e. The molecule has 0 atom stereocenters. The van der Waals surface area contributed by atoms with Gasteiger partial charge in [0.2, 0.25) is 0 Å². The Labute approximate surface area is 203 Å². The molecule has 2 N–H and O–H groups in total. The summed E-state index contributed by atoms with van der Waals surface area (Å²) in [6, 6.07) is 21.3. The molecule has 0 spiro atoms. The molecule has 0 bridgehead atoms. The highest BCUT2D eigenvalue weighted by atomic mass is 79.9. The summed E-state index contributed by atoms with van der Waals surface area (Å²) in [5, 5.41) is 5.97. The van der Waals surface area contributed by atoms with E-state index in [4.69, 9.17) is 0 Å². The van der Waals surface area contributed by atoms with Gasteiger partial charge < -0.3 is 15.5 Å². The van der Waals surface area contributed by atoms with Crippen molar-refractivity contribution in [1.29, 1.82) is 0 Å². The zero-order valence-corrected chi connectivity index (χ0v) is 20.5. The Morgan fingerprint density at radius 2 is 1.67 bits per heavy atom. The van der Waals surface area contributed by atoms with E-state index in [-0.39, 0.29) is 11.8 Å². The maximum atomic E-state index is 13.2. The minimum absolute atomic E-state index is 0.130. The highest BCUT2D eigenvalue weighted by Gasteiger charge is 2.22. The number of fused-ring (bicyclic) bond motifs is 1. The first-order valence-electron chi connectivity index (χ1n) is 11.2. The summed E-state index contributed by atoms with van der Waals surface area (Å²) in [4.78, 5) is 28.2. The van der Waals surface area contributed by atoms with Crippen LogP contribution in [0.4, 0.5) is 11.4 Å². The molecule has 2 amide bonds. The van der Waals surface area contributed by atoms with E-state index >= 15 is 0 Å². The first-order valence-corrected chi connectivity index (χ1v) is 12.0. The number of hydrogen-bond acceptors (Lipinski definition) is 3. The first-order chi connectivity index (χ1) is 15.9. The molecule has 4 rings (SSSR count). The third kappa shape index (κ3) is 5.45. The second-order valence-corrected chi connectivity index (χ2v) is 9.56. The second-order valence-electron chi connectivity index (χ2n) is 8.71. The van der Waals surface area contributed by atoms with Gasteiger partial charge in [-0.25, -0.2) is 0 Å². The van der Waals surface area contributed by atoms with Crippen molar-refractivity contribution >= 4 is 39.1 Å². The Kier molecular flexibility index (Phi) is 7.14. The van der Waals surface area contributed by atoms with Gasteiger partial charge >= 0.3 is 0 Å². The van der Waals surface area contributed by atoms with Crippen LogP contribution in [0.5, 0.6) is 0 Å². The van der Waals surface area contributed by atoms with Crippen LogP contribution >= 0.6 is 15.9 Å². The molecule has 0 saturated carbocycles. The lowest BCUT2D eigenvalue weighted by Crippen LogP contribution is -2.34. The molecule has 0 aliphatic carbocycles. The molecule has 5 nitrogen and oxygen atoms in total. The van der Waals surface area contributed by atoms with Gasteiger partial charge in [-0.1, -0.05) is 50.2 Å². The molecular formula is C27H28BrN3O2. The molecule has 6 heteroatoms.